The second-order valence-corrected chi connectivity index (χ2v) is 4.05. The SMILES string of the molecule is Cc1cc(N)ccc1Oc1cnc2ccnn2c1. The lowest BCUT2D eigenvalue weighted by Gasteiger charge is -2.08. The minimum Gasteiger partial charge on any atom is -0.454 e. The molecule has 2 N–H and O–H groups in total. The van der Waals surface area contributed by atoms with E-state index in [4.69, 9.17) is 10.5 Å². The molecular formula is C13H12N4O. The summed E-state index contributed by atoms with van der Waals surface area (Å²) >= 11 is 0. The first-order valence-electron chi connectivity index (χ1n) is 5.56. The van der Waals surface area contributed by atoms with E-state index in [0.717, 1.165) is 22.6 Å². The topological polar surface area (TPSA) is 65.4 Å². The van der Waals surface area contributed by atoms with Crippen molar-refractivity contribution in [1.29, 1.82) is 0 Å². The number of hydrogen-bond donors (Lipinski definition) is 1. The summed E-state index contributed by atoms with van der Waals surface area (Å²) in [6, 6.07) is 7.35. The molecular weight excluding hydrogens is 228 g/mol. The van der Waals surface area contributed by atoms with Gasteiger partial charge in [-0.1, -0.05) is 0 Å². The normalized spacial score (nSPS) is 10.7. The summed E-state index contributed by atoms with van der Waals surface area (Å²) in [5.41, 5.74) is 8.19. The molecule has 0 aliphatic rings. The summed E-state index contributed by atoms with van der Waals surface area (Å²) in [5, 5.41) is 4.11. The number of fused-ring (bicyclic) bond motifs is 1. The van der Waals surface area contributed by atoms with E-state index in [1.165, 1.54) is 0 Å². The molecule has 0 saturated heterocycles. The van der Waals surface area contributed by atoms with Gasteiger partial charge in [0.05, 0.1) is 18.6 Å². The molecule has 0 unspecified atom stereocenters. The molecule has 0 atom stereocenters. The van der Waals surface area contributed by atoms with Crippen molar-refractivity contribution in [3.05, 3.63) is 48.4 Å². The third-order valence-electron chi connectivity index (χ3n) is 2.65. The van der Waals surface area contributed by atoms with Crippen molar-refractivity contribution in [2.24, 2.45) is 0 Å². The molecule has 5 heteroatoms. The van der Waals surface area contributed by atoms with Crippen molar-refractivity contribution in [2.45, 2.75) is 6.92 Å². The zero-order valence-corrected chi connectivity index (χ0v) is 9.87. The number of aromatic nitrogens is 3. The van der Waals surface area contributed by atoms with Gasteiger partial charge in [-0.3, -0.25) is 0 Å². The fourth-order valence-corrected chi connectivity index (χ4v) is 1.76. The van der Waals surface area contributed by atoms with Gasteiger partial charge in [-0.2, -0.15) is 5.10 Å². The maximum Gasteiger partial charge on any atom is 0.164 e. The molecule has 18 heavy (non-hydrogen) atoms. The Balaban J connectivity index is 1.95. The Morgan fingerprint density at radius 1 is 1.28 bits per heavy atom. The Bertz CT molecular complexity index is 705. The summed E-state index contributed by atoms with van der Waals surface area (Å²) < 4.78 is 7.43. The number of ether oxygens (including phenoxy) is 1. The van der Waals surface area contributed by atoms with E-state index in [1.54, 1.807) is 23.1 Å². The molecule has 3 aromatic rings. The molecule has 2 aromatic heterocycles. The number of nitrogens with zero attached hydrogens (tertiary/aromatic N) is 3. The molecule has 1 aromatic carbocycles. The van der Waals surface area contributed by atoms with Gasteiger partial charge < -0.3 is 10.5 Å². The van der Waals surface area contributed by atoms with Crippen molar-refractivity contribution in [3.63, 3.8) is 0 Å². The highest BCUT2D eigenvalue weighted by molar-refractivity contribution is 5.48. The highest BCUT2D eigenvalue weighted by atomic mass is 16.5. The van der Waals surface area contributed by atoms with E-state index >= 15 is 0 Å². The van der Waals surface area contributed by atoms with Gasteiger partial charge in [0.25, 0.3) is 0 Å². The summed E-state index contributed by atoms with van der Waals surface area (Å²) in [7, 11) is 0. The molecule has 0 radical (unpaired) electrons. The maximum absolute atomic E-state index is 5.76. The predicted molar refractivity (Wildman–Crippen MR) is 68.7 cm³/mol. The Morgan fingerprint density at radius 2 is 2.17 bits per heavy atom. The number of benzene rings is 1. The molecule has 3 rings (SSSR count). The van der Waals surface area contributed by atoms with Crippen LogP contribution < -0.4 is 10.5 Å². The first kappa shape index (κ1) is 10.6. The third kappa shape index (κ3) is 1.86. The quantitative estimate of drug-likeness (QED) is 0.698. The Labute approximate surface area is 104 Å². The molecule has 0 amide bonds. The van der Waals surface area contributed by atoms with E-state index in [-0.39, 0.29) is 0 Å². The molecule has 0 saturated carbocycles. The first-order valence-corrected chi connectivity index (χ1v) is 5.56. The minimum absolute atomic E-state index is 0.638. The van der Waals surface area contributed by atoms with Crippen molar-refractivity contribution in [1.82, 2.24) is 14.6 Å². The van der Waals surface area contributed by atoms with E-state index < -0.39 is 0 Å². The van der Waals surface area contributed by atoms with E-state index in [9.17, 15) is 0 Å². The number of nitrogen functional groups attached to an aromatic ring is 1. The highest BCUT2D eigenvalue weighted by Crippen LogP contribution is 2.25. The predicted octanol–water partition coefficient (Wildman–Crippen LogP) is 2.41. The molecule has 0 aliphatic carbocycles. The van der Waals surface area contributed by atoms with E-state index in [2.05, 4.69) is 10.1 Å². The first-order chi connectivity index (χ1) is 8.72. The number of anilines is 1. The molecule has 2 heterocycles. The number of rotatable bonds is 2. The van der Waals surface area contributed by atoms with Gasteiger partial charge >= 0.3 is 0 Å². The Morgan fingerprint density at radius 3 is 3.00 bits per heavy atom. The van der Waals surface area contributed by atoms with Crippen LogP contribution in [0.15, 0.2) is 42.9 Å². The largest absolute Gasteiger partial charge is 0.454 e. The van der Waals surface area contributed by atoms with Crippen LogP contribution in [0.25, 0.3) is 5.65 Å². The fraction of sp³-hybridized carbons (Fsp3) is 0.0769. The van der Waals surface area contributed by atoms with Crippen molar-refractivity contribution >= 4 is 11.3 Å². The van der Waals surface area contributed by atoms with Gasteiger partial charge in [0.2, 0.25) is 0 Å². The maximum atomic E-state index is 5.76. The average molecular weight is 240 g/mol. The Kier molecular flexibility index (Phi) is 2.37. The molecule has 0 spiro atoms. The van der Waals surface area contributed by atoms with Crippen molar-refractivity contribution < 1.29 is 4.74 Å². The second kappa shape index (κ2) is 4.03. The average Bonchev–Trinajstić information content (AvgIpc) is 2.80. The van der Waals surface area contributed by atoms with Crippen LogP contribution >= 0.6 is 0 Å². The zero-order valence-electron chi connectivity index (χ0n) is 9.87. The fourth-order valence-electron chi connectivity index (χ4n) is 1.76. The lowest BCUT2D eigenvalue weighted by molar-refractivity contribution is 0.472. The van der Waals surface area contributed by atoms with Gasteiger partial charge in [0.15, 0.2) is 11.4 Å². The van der Waals surface area contributed by atoms with Crippen LogP contribution in [-0.2, 0) is 0 Å². The van der Waals surface area contributed by atoms with Crippen LogP contribution in [0.5, 0.6) is 11.5 Å². The van der Waals surface area contributed by atoms with Crippen molar-refractivity contribution in [2.75, 3.05) is 5.73 Å². The molecule has 5 nitrogen and oxygen atoms in total. The smallest absolute Gasteiger partial charge is 0.164 e. The lowest BCUT2D eigenvalue weighted by Crippen LogP contribution is -1.94. The van der Waals surface area contributed by atoms with Gasteiger partial charge in [-0.15, -0.1) is 0 Å². The zero-order chi connectivity index (χ0) is 12.5. The van der Waals surface area contributed by atoms with Crippen molar-refractivity contribution in [3.8, 4) is 11.5 Å². The summed E-state index contributed by atoms with van der Waals surface area (Å²) in [5.74, 6) is 1.40. The minimum atomic E-state index is 0.638. The highest BCUT2D eigenvalue weighted by Gasteiger charge is 2.04. The molecule has 90 valence electrons. The number of hydrogen-bond acceptors (Lipinski definition) is 4. The van der Waals surface area contributed by atoms with Crippen LogP contribution in [0.4, 0.5) is 5.69 Å². The van der Waals surface area contributed by atoms with E-state index in [1.807, 2.05) is 31.2 Å². The summed E-state index contributed by atoms with van der Waals surface area (Å²) in [4.78, 5) is 4.24. The molecule has 0 aliphatic heterocycles. The number of aryl methyl sites for hydroxylation is 1. The standard InChI is InChI=1S/C13H12N4O/c1-9-6-10(14)2-3-12(9)18-11-7-15-13-4-5-16-17(13)8-11/h2-8H,14H2,1H3. The van der Waals surface area contributed by atoms with Crippen LogP contribution in [0.3, 0.4) is 0 Å². The summed E-state index contributed by atoms with van der Waals surface area (Å²) in [6.45, 7) is 1.95. The van der Waals surface area contributed by atoms with Gasteiger partial charge in [0, 0.05) is 11.8 Å². The van der Waals surface area contributed by atoms with Crippen LogP contribution in [0.2, 0.25) is 0 Å². The Hall–Kier alpha value is -2.56. The lowest BCUT2D eigenvalue weighted by atomic mass is 10.2. The van der Waals surface area contributed by atoms with Gasteiger partial charge in [-0.25, -0.2) is 9.50 Å². The molecule has 0 bridgehead atoms. The van der Waals surface area contributed by atoms with Crippen LogP contribution in [0.1, 0.15) is 5.56 Å². The third-order valence-corrected chi connectivity index (χ3v) is 2.65. The van der Waals surface area contributed by atoms with Crippen LogP contribution in [-0.4, -0.2) is 14.6 Å². The van der Waals surface area contributed by atoms with E-state index in [0.29, 0.717) is 5.75 Å². The monoisotopic (exact) mass is 240 g/mol. The number of nitrogens with two attached hydrogens (primary N) is 1. The second-order valence-electron chi connectivity index (χ2n) is 4.05. The van der Waals surface area contributed by atoms with Gasteiger partial charge in [0.1, 0.15) is 5.75 Å². The van der Waals surface area contributed by atoms with Crippen LogP contribution in [0, 0.1) is 6.92 Å². The van der Waals surface area contributed by atoms with Gasteiger partial charge in [-0.05, 0) is 30.7 Å². The summed E-state index contributed by atoms with van der Waals surface area (Å²) in [6.07, 6.45) is 5.16. The molecule has 0 fully saturated rings.